The van der Waals surface area contributed by atoms with Gasteiger partial charge in [-0.15, -0.1) is 0 Å². The number of nitrogens with zero attached hydrogens (tertiary/aromatic N) is 3. The molecule has 2 aromatic heterocycles. The van der Waals surface area contributed by atoms with Crippen molar-refractivity contribution >= 4 is 27.5 Å². The average molecular weight is 900 g/mol. The second kappa shape index (κ2) is 18.1. The van der Waals surface area contributed by atoms with Crippen molar-refractivity contribution in [1.82, 2.24) is 9.13 Å². The molecule has 5 nitrogen and oxygen atoms in total. The Morgan fingerprint density at radius 1 is 0.371 bits per heavy atom. The molecule has 0 radical (unpaired) electrons. The number of nitro groups is 1. The number of fused-ring (bicyclic) bond motifs is 6. The fraction of sp³-hybridized carbons (Fsp3) is 0.0154. The van der Waals surface area contributed by atoms with Crippen molar-refractivity contribution in [3.05, 3.63) is 282 Å². The monoisotopic (exact) mass is 899 g/mol. The molecule has 0 fully saturated rings. The Morgan fingerprint density at radius 2 is 0.814 bits per heavy atom. The SMILES string of the molecule is O=[N+]([O-])c1ccccc1-c1ccc2c(-c3ccccc3)c(-c3ccccc3)n(-c3ccccc3)c2c1.c1ccc(-c2c(-c3ccccc3)n(-c3ccccc3)c3c4c(ccc23)-c2ccccc2C4)cc1. The van der Waals surface area contributed by atoms with Crippen LogP contribution in [0.5, 0.6) is 0 Å². The predicted octanol–water partition coefficient (Wildman–Crippen LogP) is 17.1. The molecular weight excluding hydrogens is 855 g/mol. The fourth-order valence-electron chi connectivity index (χ4n) is 10.5. The van der Waals surface area contributed by atoms with Crippen LogP contribution in [0.2, 0.25) is 0 Å². The van der Waals surface area contributed by atoms with Gasteiger partial charge in [0.1, 0.15) is 0 Å². The third-order valence-corrected chi connectivity index (χ3v) is 13.5. The molecule has 10 aromatic carbocycles. The van der Waals surface area contributed by atoms with Gasteiger partial charge in [0.15, 0.2) is 0 Å². The van der Waals surface area contributed by atoms with Crippen LogP contribution < -0.4 is 0 Å². The maximum absolute atomic E-state index is 11.8. The van der Waals surface area contributed by atoms with Gasteiger partial charge in [-0.25, -0.2) is 0 Å². The minimum absolute atomic E-state index is 0.0984. The van der Waals surface area contributed by atoms with Gasteiger partial charge in [0.25, 0.3) is 5.69 Å². The standard InChI is InChI=1S/C33H23N.C32H22N2O2/c1-4-12-23(13-5-1)31-29-21-20-28-27-19-11-10-16-25(27)22-30(28)33(29)34(26-17-8-3-9-18-26)32(31)24-14-6-2-7-15-24;35-34(36)29-19-11-10-18-27(29)25-20-21-28-30(22-25)33(26-16-8-3-9-17-26)32(24-14-6-2-7-15-24)31(28)23-12-4-1-5-13-23/h1-21H,22H2;1-22H. The third kappa shape index (κ3) is 7.38. The molecule has 0 unspecified atom stereocenters. The summed E-state index contributed by atoms with van der Waals surface area (Å²) >= 11 is 0. The Labute approximate surface area is 406 Å². The van der Waals surface area contributed by atoms with Gasteiger partial charge in [0.2, 0.25) is 0 Å². The summed E-state index contributed by atoms with van der Waals surface area (Å²) in [5.74, 6) is 0. The molecule has 332 valence electrons. The highest BCUT2D eigenvalue weighted by atomic mass is 16.6. The first-order chi connectivity index (χ1) is 34.6. The zero-order valence-electron chi connectivity index (χ0n) is 38.2. The van der Waals surface area contributed by atoms with Crippen LogP contribution >= 0.6 is 0 Å². The smallest absolute Gasteiger partial charge is 0.277 e. The highest BCUT2D eigenvalue weighted by Crippen LogP contribution is 2.49. The lowest BCUT2D eigenvalue weighted by Gasteiger charge is -2.14. The predicted molar refractivity (Wildman–Crippen MR) is 289 cm³/mol. The molecular formula is C65H45N3O2. The van der Waals surface area contributed by atoms with E-state index in [1.165, 1.54) is 61.2 Å². The van der Waals surface area contributed by atoms with Crippen LogP contribution in [0.3, 0.4) is 0 Å². The number of hydrogen-bond donors (Lipinski definition) is 0. The van der Waals surface area contributed by atoms with Gasteiger partial charge in [-0.2, -0.15) is 0 Å². The number of hydrogen-bond acceptors (Lipinski definition) is 2. The molecule has 0 aliphatic heterocycles. The van der Waals surface area contributed by atoms with Crippen molar-refractivity contribution in [2.45, 2.75) is 6.42 Å². The molecule has 70 heavy (non-hydrogen) atoms. The Bertz CT molecular complexity index is 3850. The average Bonchev–Trinajstić information content (AvgIpc) is 4.11. The van der Waals surface area contributed by atoms with Gasteiger partial charge in [0, 0.05) is 45.8 Å². The first-order valence-electron chi connectivity index (χ1n) is 23.7. The number of aromatic nitrogens is 2. The van der Waals surface area contributed by atoms with Gasteiger partial charge < -0.3 is 9.13 Å². The molecule has 0 atom stereocenters. The van der Waals surface area contributed by atoms with Gasteiger partial charge in [-0.1, -0.05) is 218 Å². The van der Waals surface area contributed by atoms with Crippen LogP contribution in [0, 0.1) is 10.1 Å². The largest absolute Gasteiger partial charge is 0.309 e. The van der Waals surface area contributed by atoms with E-state index in [1.54, 1.807) is 12.1 Å². The second-order valence-corrected chi connectivity index (χ2v) is 17.6. The van der Waals surface area contributed by atoms with E-state index in [0.717, 1.165) is 51.0 Å². The van der Waals surface area contributed by atoms with Crippen LogP contribution in [0.15, 0.2) is 261 Å². The third-order valence-electron chi connectivity index (χ3n) is 13.5. The Kier molecular flexibility index (Phi) is 10.9. The van der Waals surface area contributed by atoms with E-state index in [4.69, 9.17) is 0 Å². The van der Waals surface area contributed by atoms with Crippen LogP contribution in [0.1, 0.15) is 11.1 Å². The van der Waals surface area contributed by atoms with Crippen molar-refractivity contribution in [2.75, 3.05) is 0 Å². The maximum atomic E-state index is 11.8. The minimum atomic E-state index is -0.319. The summed E-state index contributed by atoms with van der Waals surface area (Å²) in [6, 6.07) is 90.1. The van der Waals surface area contributed by atoms with Gasteiger partial charge in [-0.3, -0.25) is 10.1 Å². The lowest BCUT2D eigenvalue weighted by Crippen LogP contribution is -1.99. The van der Waals surface area contributed by atoms with Crippen LogP contribution in [-0.2, 0) is 6.42 Å². The fourth-order valence-corrected chi connectivity index (χ4v) is 10.5. The zero-order chi connectivity index (χ0) is 47.0. The molecule has 0 N–H and O–H groups in total. The molecule has 1 aliphatic carbocycles. The Hall–Kier alpha value is -9.32. The molecule has 0 amide bonds. The topological polar surface area (TPSA) is 53.0 Å². The van der Waals surface area contributed by atoms with Gasteiger partial charge >= 0.3 is 0 Å². The van der Waals surface area contributed by atoms with Crippen molar-refractivity contribution in [1.29, 1.82) is 0 Å². The van der Waals surface area contributed by atoms with Crippen LogP contribution in [0.25, 0.3) is 100 Å². The number of rotatable bonds is 8. The van der Waals surface area contributed by atoms with Crippen LogP contribution in [-0.4, -0.2) is 14.1 Å². The van der Waals surface area contributed by atoms with E-state index >= 15 is 0 Å². The first-order valence-corrected chi connectivity index (χ1v) is 23.7. The van der Waals surface area contributed by atoms with E-state index in [-0.39, 0.29) is 10.6 Å². The highest BCUT2D eigenvalue weighted by Gasteiger charge is 2.28. The first kappa shape index (κ1) is 42.1. The van der Waals surface area contributed by atoms with Gasteiger partial charge in [0.05, 0.1) is 32.9 Å². The van der Waals surface area contributed by atoms with E-state index in [0.29, 0.717) is 5.56 Å². The second-order valence-electron chi connectivity index (χ2n) is 17.6. The maximum Gasteiger partial charge on any atom is 0.277 e. The molecule has 0 saturated carbocycles. The molecule has 13 rings (SSSR count). The molecule has 0 spiro atoms. The molecule has 1 aliphatic rings. The van der Waals surface area contributed by atoms with Crippen molar-refractivity contribution in [2.24, 2.45) is 0 Å². The van der Waals surface area contributed by atoms with E-state index < -0.39 is 0 Å². The molecule has 2 heterocycles. The Morgan fingerprint density at radius 3 is 1.39 bits per heavy atom. The summed E-state index contributed by atoms with van der Waals surface area (Å²) in [4.78, 5) is 11.5. The van der Waals surface area contributed by atoms with Crippen LogP contribution in [0.4, 0.5) is 5.69 Å². The lowest BCUT2D eigenvalue weighted by atomic mass is 9.96. The molecule has 12 aromatic rings. The van der Waals surface area contributed by atoms with Crippen molar-refractivity contribution in [3.63, 3.8) is 0 Å². The normalized spacial score (nSPS) is 11.5. The Balaban J connectivity index is 0.000000144. The number of para-hydroxylation sites is 3. The quantitative estimate of drug-likeness (QED) is 0.113. The summed E-state index contributed by atoms with van der Waals surface area (Å²) < 4.78 is 4.77. The molecule has 0 bridgehead atoms. The lowest BCUT2D eigenvalue weighted by molar-refractivity contribution is -0.384. The van der Waals surface area contributed by atoms with Gasteiger partial charge in [-0.05, 0) is 86.5 Å². The van der Waals surface area contributed by atoms with Crippen molar-refractivity contribution < 1.29 is 4.92 Å². The molecule has 0 saturated heterocycles. The number of nitro benzene ring substituents is 1. The summed E-state index contributed by atoms with van der Waals surface area (Å²) in [7, 11) is 0. The summed E-state index contributed by atoms with van der Waals surface area (Å²) in [5.41, 5.74) is 21.1. The van der Waals surface area contributed by atoms with E-state index in [2.05, 4.69) is 209 Å². The van der Waals surface area contributed by atoms with E-state index in [1.807, 2.05) is 48.5 Å². The highest BCUT2D eigenvalue weighted by molar-refractivity contribution is 6.10. The summed E-state index contributed by atoms with van der Waals surface area (Å²) in [6.07, 6.45) is 0.960. The molecule has 5 heteroatoms. The van der Waals surface area contributed by atoms with Crippen molar-refractivity contribution in [3.8, 4) is 78.4 Å². The summed E-state index contributed by atoms with van der Waals surface area (Å²) in [5, 5.41) is 14.2. The summed E-state index contributed by atoms with van der Waals surface area (Å²) in [6.45, 7) is 0. The number of benzene rings is 10. The zero-order valence-corrected chi connectivity index (χ0v) is 38.2. The minimum Gasteiger partial charge on any atom is -0.309 e. The van der Waals surface area contributed by atoms with E-state index in [9.17, 15) is 10.1 Å².